The Morgan fingerprint density at radius 2 is 1.08 bits per heavy atom. The first kappa shape index (κ1) is 58.8. The van der Waals surface area contributed by atoms with Gasteiger partial charge < -0.3 is 86.3 Å². The van der Waals surface area contributed by atoms with E-state index in [1.807, 2.05) is 0 Å². The van der Waals surface area contributed by atoms with Crippen LogP contribution in [0.5, 0.6) is 0 Å². The van der Waals surface area contributed by atoms with Crippen molar-refractivity contribution in [3.8, 4) is 0 Å². The highest BCUT2D eigenvalue weighted by molar-refractivity contribution is 5.98. The molecule has 27 heteroatoms. The molecule has 65 heavy (non-hydrogen) atoms. The van der Waals surface area contributed by atoms with Crippen LogP contribution in [0.2, 0.25) is 0 Å². The number of guanidine groups is 1. The summed E-state index contributed by atoms with van der Waals surface area (Å²) in [6, 6.07) is -12.0. The second-order valence-corrected chi connectivity index (χ2v) is 15.4. The molecule has 0 aromatic heterocycles. The number of nitrogens with two attached hydrogens (primary N) is 5. The number of carbonyl (C=O) groups excluding carboxylic acids is 8. The molecule has 0 aliphatic carbocycles. The maximum Gasteiger partial charge on any atom is 0.326 e. The van der Waals surface area contributed by atoms with E-state index < -0.39 is 152 Å². The average molecular weight is 932 g/mol. The van der Waals surface area contributed by atoms with Gasteiger partial charge >= 0.3 is 11.9 Å². The van der Waals surface area contributed by atoms with Gasteiger partial charge in [-0.05, 0) is 71.3 Å². The van der Waals surface area contributed by atoms with Crippen molar-refractivity contribution in [1.82, 2.24) is 37.2 Å². The lowest BCUT2D eigenvalue weighted by atomic mass is 9.99. The molecule has 21 N–H and O–H groups in total. The van der Waals surface area contributed by atoms with Crippen LogP contribution in [0.3, 0.4) is 0 Å². The number of hydrogen-bond acceptors (Lipinski definition) is 15. The molecule has 0 rings (SSSR count). The summed E-state index contributed by atoms with van der Waals surface area (Å²) in [4.78, 5) is 132. The molecule has 0 heterocycles. The van der Waals surface area contributed by atoms with Gasteiger partial charge in [-0.15, -0.1) is 0 Å². The predicted octanol–water partition coefficient (Wildman–Crippen LogP) is -6.46. The number of aliphatic hydroxyl groups is 2. The van der Waals surface area contributed by atoms with Gasteiger partial charge in [-0.2, -0.15) is 0 Å². The van der Waals surface area contributed by atoms with E-state index >= 15 is 0 Å². The average Bonchev–Trinajstić information content (AvgIpc) is 3.23. The van der Waals surface area contributed by atoms with E-state index in [0.717, 1.165) is 0 Å². The van der Waals surface area contributed by atoms with Crippen molar-refractivity contribution in [2.75, 3.05) is 19.7 Å². The van der Waals surface area contributed by atoms with E-state index in [9.17, 15) is 68.4 Å². The van der Waals surface area contributed by atoms with E-state index in [0.29, 0.717) is 19.3 Å². The maximum atomic E-state index is 13.8. The first-order chi connectivity index (χ1) is 30.4. The predicted molar refractivity (Wildman–Crippen MR) is 231 cm³/mol. The second-order valence-electron chi connectivity index (χ2n) is 15.4. The molecule has 0 aromatic carbocycles. The zero-order valence-corrected chi connectivity index (χ0v) is 37.2. The summed E-state index contributed by atoms with van der Waals surface area (Å²) in [7, 11) is 0. The molecule has 370 valence electrons. The minimum Gasteiger partial charge on any atom is -0.481 e. The number of amides is 8. The number of aliphatic carboxylic acids is 2. The number of hydrogen-bond donors (Lipinski definition) is 16. The normalized spacial score (nSPS) is 15.6. The van der Waals surface area contributed by atoms with Crippen molar-refractivity contribution in [2.24, 2.45) is 39.6 Å². The van der Waals surface area contributed by atoms with Gasteiger partial charge in [0.05, 0.1) is 18.8 Å². The van der Waals surface area contributed by atoms with Crippen LogP contribution in [0.4, 0.5) is 0 Å². The molecule has 10 atom stereocenters. The molecule has 0 fully saturated rings. The molecule has 0 aliphatic rings. The quantitative estimate of drug-likeness (QED) is 0.0165. The third-order valence-corrected chi connectivity index (χ3v) is 9.88. The summed E-state index contributed by atoms with van der Waals surface area (Å²) in [6.07, 6.45) is -2.39. The third-order valence-electron chi connectivity index (χ3n) is 9.88. The highest BCUT2D eigenvalue weighted by atomic mass is 16.4. The van der Waals surface area contributed by atoms with Crippen LogP contribution in [-0.4, -0.2) is 160 Å². The lowest BCUT2D eigenvalue weighted by Gasteiger charge is -2.28. The number of primary amides is 1. The van der Waals surface area contributed by atoms with E-state index in [4.69, 9.17) is 28.7 Å². The molecule has 0 radical (unpaired) electrons. The van der Waals surface area contributed by atoms with Gasteiger partial charge in [0.2, 0.25) is 47.3 Å². The Morgan fingerprint density at radius 1 is 0.585 bits per heavy atom. The molecule has 0 saturated carbocycles. The first-order valence-corrected chi connectivity index (χ1v) is 21.1. The topological polar surface area (TPSA) is 478 Å². The number of aliphatic imine (C=N–C) groups is 1. The zero-order chi connectivity index (χ0) is 50.0. The number of aliphatic hydroxyl groups excluding tert-OH is 2. The molecule has 0 bridgehead atoms. The number of rotatable bonds is 33. The van der Waals surface area contributed by atoms with Crippen LogP contribution in [-0.2, 0) is 47.9 Å². The van der Waals surface area contributed by atoms with Crippen LogP contribution in [0.1, 0.15) is 91.9 Å². The number of carboxylic acids is 2. The van der Waals surface area contributed by atoms with Crippen molar-refractivity contribution >= 4 is 65.2 Å². The molecule has 27 nitrogen and oxygen atoms in total. The van der Waals surface area contributed by atoms with E-state index in [-0.39, 0.29) is 38.3 Å². The summed E-state index contributed by atoms with van der Waals surface area (Å²) >= 11 is 0. The Labute approximate surface area is 375 Å². The summed E-state index contributed by atoms with van der Waals surface area (Å²) in [5.41, 5.74) is 27.4. The minimum absolute atomic E-state index is 0.0863. The number of carbonyl (C=O) groups is 10. The number of carboxylic acid groups (broad SMARTS) is 2. The number of unbranched alkanes of at least 4 members (excludes halogenated alkanes) is 1. The van der Waals surface area contributed by atoms with Gasteiger partial charge in [0, 0.05) is 19.4 Å². The number of nitrogens with one attached hydrogen (secondary N) is 7. The molecular weight excluding hydrogens is 862 g/mol. The monoisotopic (exact) mass is 932 g/mol. The molecule has 0 spiro atoms. The lowest BCUT2D eigenvalue weighted by Crippen LogP contribution is -2.61. The molecule has 0 aromatic rings. The summed E-state index contributed by atoms with van der Waals surface area (Å²) < 4.78 is 0. The second kappa shape index (κ2) is 30.8. The first-order valence-electron chi connectivity index (χ1n) is 21.1. The largest absolute Gasteiger partial charge is 0.481 e. The van der Waals surface area contributed by atoms with Crippen LogP contribution in [0, 0.1) is 5.92 Å². The van der Waals surface area contributed by atoms with Crippen LogP contribution in [0.15, 0.2) is 4.99 Å². The minimum atomic E-state index is -1.66. The fourth-order valence-electron chi connectivity index (χ4n) is 5.78. The summed E-state index contributed by atoms with van der Waals surface area (Å²) in [6.45, 7) is 4.99. The van der Waals surface area contributed by atoms with E-state index in [2.05, 4.69) is 42.2 Å². The van der Waals surface area contributed by atoms with Crippen molar-refractivity contribution in [1.29, 1.82) is 0 Å². The van der Waals surface area contributed by atoms with Gasteiger partial charge in [-0.1, -0.05) is 20.3 Å². The highest BCUT2D eigenvalue weighted by Crippen LogP contribution is 2.10. The fraction of sp³-hybridized carbons (Fsp3) is 0.711. The van der Waals surface area contributed by atoms with Crippen molar-refractivity contribution in [3.05, 3.63) is 0 Å². The van der Waals surface area contributed by atoms with Crippen molar-refractivity contribution < 1.29 is 68.4 Å². The highest BCUT2D eigenvalue weighted by Gasteiger charge is 2.35. The Balaban J connectivity index is 6.29. The molecule has 8 amide bonds. The SMILES string of the molecule is CC[C@H](C)[C@H](NC(=O)[C@H](CO)NC(=O)[C@H](C)NC(=O)[C@H](CCC(=O)O)NC(=O)[C@H](CCCCN)NC(=O)[C@H](CCC(N)=O)NC(=O)[C@@H](NC(=O)[C@@H](N)CCCN=C(N)N)[C@@H](C)O)C(=O)O. The fourth-order valence-corrected chi connectivity index (χ4v) is 5.78. The standard InChI is InChI=1S/C38H69N13O14/c1-5-18(2)28(37(64)65)50-35(62)25(17-52)49-30(57)19(3)45-32(59)24(12-14-27(55)56)47-33(60)22(10-6-7-15-39)46-34(61)23(11-13-26(41)54)48-36(63)29(20(4)53)51-31(58)21(40)9-8-16-44-38(42)43/h18-25,28-29,52-53H,5-17,39-40H2,1-4H3,(H2,41,54)(H,45,59)(H,46,61)(H,47,60)(H,48,63)(H,49,57)(H,50,62)(H,51,58)(H,55,56)(H,64,65)(H4,42,43,44)/t18-,19-,20+,21-,22-,23-,24-,25-,28-,29-/m0/s1. The molecule has 0 unspecified atom stereocenters. The molecular formula is C38H69N13O14. The molecule has 0 aliphatic heterocycles. The Hall–Kier alpha value is -6.19. The maximum absolute atomic E-state index is 13.8. The van der Waals surface area contributed by atoms with Crippen molar-refractivity contribution in [2.45, 2.75) is 146 Å². The third kappa shape index (κ3) is 23.4. The van der Waals surface area contributed by atoms with Gasteiger partial charge in [0.1, 0.15) is 42.3 Å². The van der Waals surface area contributed by atoms with Crippen molar-refractivity contribution in [3.63, 3.8) is 0 Å². The van der Waals surface area contributed by atoms with Crippen LogP contribution < -0.4 is 65.9 Å². The van der Waals surface area contributed by atoms with Crippen LogP contribution >= 0.6 is 0 Å². The molecule has 0 saturated heterocycles. The Morgan fingerprint density at radius 3 is 1.55 bits per heavy atom. The van der Waals surface area contributed by atoms with Crippen LogP contribution in [0.25, 0.3) is 0 Å². The van der Waals surface area contributed by atoms with Gasteiger partial charge in [0.25, 0.3) is 0 Å². The Bertz CT molecular complexity index is 1660. The lowest BCUT2D eigenvalue weighted by molar-refractivity contribution is -0.144. The summed E-state index contributed by atoms with van der Waals surface area (Å²) in [5, 5.41) is 55.3. The smallest absolute Gasteiger partial charge is 0.326 e. The van der Waals surface area contributed by atoms with E-state index in [1.165, 1.54) is 13.8 Å². The van der Waals surface area contributed by atoms with E-state index in [1.54, 1.807) is 13.8 Å². The summed E-state index contributed by atoms with van der Waals surface area (Å²) in [5.74, 6) is -11.4. The Kier molecular flexibility index (Phi) is 27.9. The van der Waals surface area contributed by atoms with Gasteiger partial charge in [-0.25, -0.2) is 4.79 Å². The zero-order valence-electron chi connectivity index (χ0n) is 37.2. The number of nitrogens with zero attached hydrogens (tertiary/aromatic N) is 1. The van der Waals surface area contributed by atoms with Gasteiger partial charge in [-0.3, -0.25) is 48.1 Å². The van der Waals surface area contributed by atoms with Gasteiger partial charge in [0.15, 0.2) is 5.96 Å².